The monoisotopic (exact) mass is 820 g/mol. The number of rotatable bonds is 11. The second-order valence-corrected chi connectivity index (χ2v) is 12.3. The number of imidazole rings is 1. The Hall–Kier alpha value is -4.13. The minimum Gasteiger partial charge on any atom is -0.485 e. The van der Waals surface area contributed by atoms with Crippen molar-refractivity contribution < 1.29 is 19.1 Å². The first-order chi connectivity index (χ1) is 23.0. The van der Waals surface area contributed by atoms with E-state index in [2.05, 4.69) is 31.2 Å². The Balaban J connectivity index is 0.00000338. The molecule has 0 aliphatic rings. The van der Waals surface area contributed by atoms with Gasteiger partial charge in [0.2, 0.25) is 17.7 Å². The molecule has 15 heteroatoms. The van der Waals surface area contributed by atoms with Gasteiger partial charge in [-0.1, -0.05) is 41.4 Å². The molecule has 0 atom stereocenters. The van der Waals surface area contributed by atoms with Crippen molar-refractivity contribution in [3.05, 3.63) is 122 Å². The van der Waals surface area contributed by atoms with Crippen molar-refractivity contribution in [3.8, 4) is 5.75 Å². The average Bonchev–Trinajstić information content (AvgIpc) is 3.38. The van der Waals surface area contributed by atoms with Gasteiger partial charge in [-0.05, 0) is 82.5 Å². The van der Waals surface area contributed by atoms with Crippen LogP contribution in [0.5, 0.6) is 5.75 Å². The van der Waals surface area contributed by atoms with Gasteiger partial charge in [0.1, 0.15) is 11.2 Å². The van der Waals surface area contributed by atoms with Gasteiger partial charge in [0.05, 0.1) is 29.5 Å². The molecule has 0 saturated heterocycles. The summed E-state index contributed by atoms with van der Waals surface area (Å²) in [5.41, 5.74) is 4.74. The highest BCUT2D eigenvalue weighted by molar-refractivity contribution is 9.10. The Bertz CT molecular complexity index is 2010. The number of halogens is 5. The van der Waals surface area contributed by atoms with Gasteiger partial charge >= 0.3 is 0 Å². The fourth-order valence-corrected chi connectivity index (χ4v) is 5.82. The first-order valence-electron chi connectivity index (χ1n) is 14.8. The molecule has 10 nitrogen and oxygen atoms in total. The maximum atomic E-state index is 13.0. The number of hydrogen-bond acceptors (Lipinski definition) is 6. The second kappa shape index (κ2) is 18.2. The van der Waals surface area contributed by atoms with Crippen molar-refractivity contribution in [1.29, 1.82) is 0 Å². The molecule has 262 valence electrons. The third kappa shape index (κ3) is 9.55. The van der Waals surface area contributed by atoms with E-state index in [0.717, 1.165) is 27.1 Å². The Morgan fingerprint density at radius 2 is 1.78 bits per heavy atom. The summed E-state index contributed by atoms with van der Waals surface area (Å²) in [6, 6.07) is 17.9. The smallest absolute Gasteiger partial charge is 0.246 e. The predicted octanol–water partition coefficient (Wildman–Crippen LogP) is 7.88. The highest BCUT2D eigenvalue weighted by Gasteiger charge is 2.20. The van der Waals surface area contributed by atoms with Crippen LogP contribution in [-0.4, -0.2) is 45.7 Å². The molecule has 0 spiro atoms. The van der Waals surface area contributed by atoms with E-state index in [-0.39, 0.29) is 48.9 Å². The molecule has 0 fully saturated rings. The number of carbonyl (C=O) groups excluding carboxylic acids is 3. The lowest BCUT2D eigenvalue weighted by Gasteiger charge is -2.21. The Kier molecular flexibility index (Phi) is 14.7. The molecule has 0 saturated carbocycles. The van der Waals surface area contributed by atoms with E-state index in [4.69, 9.17) is 27.9 Å². The minimum absolute atomic E-state index is 0. The second-order valence-electron chi connectivity index (χ2n) is 10.8. The zero-order valence-corrected chi connectivity index (χ0v) is 31.8. The van der Waals surface area contributed by atoms with Gasteiger partial charge in [0.25, 0.3) is 0 Å². The minimum atomic E-state index is -0.450. The Labute approximate surface area is 320 Å². The number of nitrogens with zero attached hydrogens (tertiary/aromatic N) is 5. The van der Waals surface area contributed by atoms with E-state index >= 15 is 0 Å². The summed E-state index contributed by atoms with van der Waals surface area (Å²) in [4.78, 5) is 49.5. The summed E-state index contributed by atoms with van der Waals surface area (Å²) in [6.07, 6.45) is 8.23. The van der Waals surface area contributed by atoms with Gasteiger partial charge in [-0.2, -0.15) is 0 Å². The van der Waals surface area contributed by atoms with Gasteiger partial charge in [-0.25, -0.2) is 4.98 Å². The molecule has 0 aliphatic heterocycles. The predicted molar refractivity (Wildman–Crippen MR) is 206 cm³/mol. The van der Waals surface area contributed by atoms with Gasteiger partial charge in [-0.15, -0.1) is 24.8 Å². The van der Waals surface area contributed by atoms with E-state index in [1.54, 1.807) is 72.9 Å². The molecule has 5 rings (SSSR count). The number of nitrogens with one attached hydrogen (secondary N) is 1. The molecule has 5 aromatic rings. The lowest BCUT2D eigenvalue weighted by atomic mass is 10.1. The molecule has 0 radical (unpaired) electrons. The fourth-order valence-electron chi connectivity index (χ4n) is 4.84. The van der Waals surface area contributed by atoms with E-state index in [1.165, 1.54) is 17.9 Å². The Morgan fingerprint density at radius 3 is 2.46 bits per heavy atom. The summed E-state index contributed by atoms with van der Waals surface area (Å²) in [6.45, 7) is 3.56. The lowest BCUT2D eigenvalue weighted by Crippen LogP contribution is -2.37. The lowest BCUT2D eigenvalue weighted by molar-refractivity contribution is -0.122. The molecule has 3 heterocycles. The van der Waals surface area contributed by atoms with E-state index in [0.29, 0.717) is 34.2 Å². The van der Waals surface area contributed by atoms with Crippen LogP contribution in [0.1, 0.15) is 29.3 Å². The van der Waals surface area contributed by atoms with Crippen LogP contribution in [0.2, 0.25) is 10.0 Å². The molecule has 0 aliphatic carbocycles. The van der Waals surface area contributed by atoms with Crippen molar-refractivity contribution in [3.63, 3.8) is 0 Å². The van der Waals surface area contributed by atoms with Crippen LogP contribution < -0.4 is 19.9 Å². The molecule has 0 unspecified atom stereocenters. The summed E-state index contributed by atoms with van der Waals surface area (Å²) in [7, 11) is 1.57. The van der Waals surface area contributed by atoms with Crippen molar-refractivity contribution in [2.24, 2.45) is 0 Å². The largest absolute Gasteiger partial charge is 0.485 e. The number of fused-ring (bicyclic) bond motifs is 1. The zero-order valence-electron chi connectivity index (χ0n) is 27.1. The molecule has 3 aromatic heterocycles. The molecular weight excluding hydrogens is 790 g/mol. The quantitative estimate of drug-likeness (QED) is 0.136. The maximum absolute atomic E-state index is 13.0. The van der Waals surface area contributed by atoms with Crippen LogP contribution in [0.3, 0.4) is 0 Å². The number of likely N-dealkylation sites (N-methyl/N-ethyl adjacent to an activating group) is 1. The van der Waals surface area contributed by atoms with Crippen molar-refractivity contribution >= 4 is 105 Å². The first-order valence-corrected chi connectivity index (χ1v) is 16.3. The van der Waals surface area contributed by atoms with Crippen molar-refractivity contribution in [2.75, 3.05) is 23.4 Å². The normalized spacial score (nSPS) is 10.7. The first kappa shape index (κ1) is 40.3. The number of ether oxygens (including phenoxy) is 1. The summed E-state index contributed by atoms with van der Waals surface area (Å²) in [5.74, 6) is -0.405. The van der Waals surface area contributed by atoms with E-state index < -0.39 is 11.8 Å². The standard InChI is InChI=1S/C35H31BrCl2N6O4.2ClH/c1-22-34(36)43-17-5-7-30(35(43)41-22)48-21-27-28(37)13-14-29(33(27)38)42(3)32(47)19-40-31(46)15-10-24-8-11-26(12-9-24)44(23(2)45)20-25-6-4-16-39-18-25;;/h4-18H,19-21H2,1-3H3,(H,40,46);2*1H. The third-order valence-corrected chi connectivity index (χ3v) is 9.21. The number of hydrogen-bond donors (Lipinski definition) is 1. The summed E-state index contributed by atoms with van der Waals surface area (Å²) in [5, 5.41) is 3.24. The summed E-state index contributed by atoms with van der Waals surface area (Å²) >= 11 is 16.7. The number of benzene rings is 2. The van der Waals surface area contributed by atoms with Crippen LogP contribution in [0, 0.1) is 6.92 Å². The van der Waals surface area contributed by atoms with E-state index in [9.17, 15) is 14.4 Å². The van der Waals surface area contributed by atoms with Crippen LogP contribution in [-0.2, 0) is 27.5 Å². The van der Waals surface area contributed by atoms with E-state index in [1.807, 2.05) is 35.7 Å². The Morgan fingerprint density at radius 1 is 1.04 bits per heavy atom. The van der Waals surface area contributed by atoms with Gasteiger partial charge in [-0.3, -0.25) is 23.8 Å². The van der Waals surface area contributed by atoms with Crippen molar-refractivity contribution in [1.82, 2.24) is 19.7 Å². The number of carbonyl (C=O) groups is 3. The number of amides is 3. The van der Waals surface area contributed by atoms with Gasteiger partial charge < -0.3 is 19.9 Å². The third-order valence-electron chi connectivity index (χ3n) is 7.48. The molecule has 3 amide bonds. The highest BCUT2D eigenvalue weighted by atomic mass is 79.9. The molecule has 1 N–H and O–H groups in total. The van der Waals surface area contributed by atoms with Crippen LogP contribution in [0.25, 0.3) is 11.7 Å². The van der Waals surface area contributed by atoms with Gasteiger partial charge in [0, 0.05) is 54.9 Å². The van der Waals surface area contributed by atoms with Crippen LogP contribution in [0.4, 0.5) is 11.4 Å². The SMILES string of the molecule is CC(=O)N(Cc1cccnc1)c1ccc(C=CC(=O)NCC(=O)N(C)c2ccc(Cl)c(COc3cccn4c(Br)c(C)nc34)c2Cl)cc1.Cl.Cl. The number of aryl methyl sites for hydroxylation is 1. The molecule has 2 aromatic carbocycles. The fraction of sp³-hybridized carbons (Fsp3) is 0.171. The summed E-state index contributed by atoms with van der Waals surface area (Å²) < 4.78 is 8.76. The van der Waals surface area contributed by atoms with Crippen LogP contribution in [0.15, 0.2) is 89.9 Å². The number of pyridine rings is 2. The molecule has 0 bridgehead atoms. The number of aromatic nitrogens is 3. The average molecular weight is 823 g/mol. The number of anilines is 2. The molecule has 50 heavy (non-hydrogen) atoms. The van der Waals surface area contributed by atoms with Crippen LogP contribution >= 0.6 is 63.9 Å². The van der Waals surface area contributed by atoms with Gasteiger partial charge in [0.15, 0.2) is 11.4 Å². The zero-order chi connectivity index (χ0) is 34.4. The van der Waals surface area contributed by atoms with Crippen molar-refractivity contribution in [2.45, 2.75) is 27.0 Å². The maximum Gasteiger partial charge on any atom is 0.246 e. The molecular formula is C35H33BrCl4N6O4. The topological polar surface area (TPSA) is 109 Å². The highest BCUT2D eigenvalue weighted by Crippen LogP contribution is 2.35.